The molecule has 2 aromatic carbocycles. The second-order valence-electron chi connectivity index (χ2n) is 4.63. The van der Waals surface area contributed by atoms with E-state index in [9.17, 15) is 12.8 Å². The molecule has 0 saturated heterocycles. The molecule has 6 heteroatoms. The van der Waals surface area contributed by atoms with Crippen LogP contribution in [-0.2, 0) is 10.0 Å². The van der Waals surface area contributed by atoms with Crippen LogP contribution in [0.2, 0.25) is 0 Å². The fourth-order valence-electron chi connectivity index (χ4n) is 1.81. The van der Waals surface area contributed by atoms with Crippen molar-refractivity contribution in [2.24, 2.45) is 0 Å². The molecule has 0 radical (unpaired) electrons. The van der Waals surface area contributed by atoms with E-state index in [1.54, 1.807) is 12.1 Å². The number of sulfonamides is 1. The Morgan fingerprint density at radius 3 is 2.29 bits per heavy atom. The summed E-state index contributed by atoms with van der Waals surface area (Å²) in [5.74, 6) is -0.746. The average molecular weight is 304 g/mol. The maximum atomic E-state index is 14.1. The number of hydrogen-bond donors (Lipinski definition) is 1. The van der Waals surface area contributed by atoms with Gasteiger partial charge in [0.1, 0.15) is 0 Å². The number of nitrogens with one attached hydrogen (secondary N) is 1. The van der Waals surface area contributed by atoms with Crippen LogP contribution >= 0.6 is 0 Å². The molecule has 108 valence electrons. The predicted octanol–water partition coefficient (Wildman–Crippen LogP) is 3.12. The van der Waals surface area contributed by atoms with Gasteiger partial charge in [0, 0.05) is 5.56 Å². The highest BCUT2D eigenvalue weighted by atomic mass is 32.2. The molecule has 0 aliphatic carbocycles. The summed E-state index contributed by atoms with van der Waals surface area (Å²) in [7, 11) is -3.86. The van der Waals surface area contributed by atoms with Gasteiger partial charge in [-0.2, -0.15) is 5.26 Å². The zero-order valence-electron chi connectivity index (χ0n) is 11.5. The second kappa shape index (κ2) is 5.54. The zero-order chi connectivity index (χ0) is 15.6. The fourth-order valence-corrected chi connectivity index (χ4v) is 2.87. The molecule has 2 rings (SSSR count). The minimum atomic E-state index is -3.86. The first-order chi connectivity index (χ1) is 9.85. The number of halogens is 1. The van der Waals surface area contributed by atoms with Crippen LogP contribution in [-0.4, -0.2) is 8.42 Å². The summed E-state index contributed by atoms with van der Waals surface area (Å²) in [6, 6.07) is 10.7. The van der Waals surface area contributed by atoms with Gasteiger partial charge in [0.15, 0.2) is 5.82 Å². The lowest BCUT2D eigenvalue weighted by Crippen LogP contribution is -2.14. The average Bonchev–Trinajstić information content (AvgIpc) is 2.44. The van der Waals surface area contributed by atoms with E-state index in [-0.39, 0.29) is 21.7 Å². The van der Waals surface area contributed by atoms with Gasteiger partial charge in [-0.3, -0.25) is 4.72 Å². The normalized spacial score (nSPS) is 11.0. The third kappa shape index (κ3) is 3.03. The summed E-state index contributed by atoms with van der Waals surface area (Å²) >= 11 is 0. The van der Waals surface area contributed by atoms with Gasteiger partial charge in [-0.1, -0.05) is 17.7 Å². The minimum absolute atomic E-state index is 0.0505. The second-order valence-corrected chi connectivity index (χ2v) is 6.31. The number of anilines is 1. The van der Waals surface area contributed by atoms with E-state index in [0.717, 1.165) is 5.56 Å². The van der Waals surface area contributed by atoms with Crippen LogP contribution in [0.4, 0.5) is 10.1 Å². The molecule has 1 N–H and O–H groups in total. The van der Waals surface area contributed by atoms with Gasteiger partial charge in [0.2, 0.25) is 0 Å². The number of benzene rings is 2. The Kier molecular flexibility index (Phi) is 3.96. The third-order valence-corrected chi connectivity index (χ3v) is 4.46. The maximum absolute atomic E-state index is 14.1. The topological polar surface area (TPSA) is 70.0 Å². The van der Waals surface area contributed by atoms with E-state index in [4.69, 9.17) is 5.26 Å². The van der Waals surface area contributed by atoms with Crippen LogP contribution in [0.25, 0.3) is 0 Å². The van der Waals surface area contributed by atoms with Crippen LogP contribution in [0, 0.1) is 31.0 Å². The number of hydrogen-bond acceptors (Lipinski definition) is 3. The van der Waals surface area contributed by atoms with Crippen LogP contribution in [0.3, 0.4) is 0 Å². The van der Waals surface area contributed by atoms with Crippen molar-refractivity contribution in [1.29, 1.82) is 5.26 Å². The maximum Gasteiger partial charge on any atom is 0.261 e. The molecule has 0 unspecified atom stereocenters. The monoisotopic (exact) mass is 304 g/mol. The van der Waals surface area contributed by atoms with Crippen molar-refractivity contribution in [2.75, 3.05) is 4.72 Å². The van der Waals surface area contributed by atoms with Crippen LogP contribution in [0.15, 0.2) is 41.3 Å². The Hall–Kier alpha value is -2.39. The Labute approximate surface area is 122 Å². The van der Waals surface area contributed by atoms with Crippen molar-refractivity contribution in [3.63, 3.8) is 0 Å². The van der Waals surface area contributed by atoms with Crippen molar-refractivity contribution in [2.45, 2.75) is 18.7 Å². The quantitative estimate of drug-likeness (QED) is 0.947. The molecule has 0 aliphatic rings. The van der Waals surface area contributed by atoms with Gasteiger partial charge < -0.3 is 0 Å². The molecule has 0 atom stereocenters. The first kappa shape index (κ1) is 15.0. The summed E-state index contributed by atoms with van der Waals surface area (Å²) in [5, 5.41) is 8.82. The smallest absolute Gasteiger partial charge is 0.261 e. The van der Waals surface area contributed by atoms with Gasteiger partial charge in [-0.25, -0.2) is 12.8 Å². The Bertz CT molecular complexity index is 822. The van der Waals surface area contributed by atoms with E-state index in [0.29, 0.717) is 0 Å². The highest BCUT2D eigenvalue weighted by Gasteiger charge is 2.18. The lowest BCUT2D eigenvalue weighted by molar-refractivity contribution is 0.597. The Morgan fingerprint density at radius 1 is 1.10 bits per heavy atom. The summed E-state index contributed by atoms with van der Waals surface area (Å²) in [6.45, 7) is 3.27. The molecule has 0 fully saturated rings. The largest absolute Gasteiger partial charge is 0.277 e. The molecule has 4 nitrogen and oxygen atoms in total. The molecule has 0 bridgehead atoms. The Morgan fingerprint density at radius 2 is 1.71 bits per heavy atom. The molecule has 21 heavy (non-hydrogen) atoms. The molecular formula is C15H13FN2O2S. The molecule has 2 aromatic rings. The van der Waals surface area contributed by atoms with Gasteiger partial charge in [-0.05, 0) is 38.1 Å². The zero-order valence-corrected chi connectivity index (χ0v) is 12.3. The van der Waals surface area contributed by atoms with Crippen molar-refractivity contribution in [3.8, 4) is 6.07 Å². The van der Waals surface area contributed by atoms with Crippen molar-refractivity contribution >= 4 is 15.7 Å². The third-order valence-electron chi connectivity index (χ3n) is 3.08. The van der Waals surface area contributed by atoms with E-state index in [2.05, 4.69) is 4.72 Å². The molecule has 0 spiro atoms. The highest BCUT2D eigenvalue weighted by Crippen LogP contribution is 2.23. The van der Waals surface area contributed by atoms with Crippen molar-refractivity contribution in [3.05, 3.63) is 58.9 Å². The summed E-state index contributed by atoms with van der Waals surface area (Å²) in [4.78, 5) is 0.0505. The highest BCUT2D eigenvalue weighted by molar-refractivity contribution is 7.92. The van der Waals surface area contributed by atoms with E-state index in [1.165, 1.54) is 31.2 Å². The first-order valence-electron chi connectivity index (χ1n) is 6.14. The molecule has 0 aromatic heterocycles. The lowest BCUT2D eigenvalue weighted by Gasteiger charge is -2.11. The van der Waals surface area contributed by atoms with Gasteiger partial charge in [-0.15, -0.1) is 0 Å². The van der Waals surface area contributed by atoms with E-state index in [1.807, 2.05) is 13.0 Å². The van der Waals surface area contributed by atoms with Gasteiger partial charge in [0.25, 0.3) is 10.0 Å². The van der Waals surface area contributed by atoms with Crippen LogP contribution in [0.5, 0.6) is 0 Å². The van der Waals surface area contributed by atoms with Crippen LogP contribution < -0.4 is 4.72 Å². The molecule has 0 heterocycles. The van der Waals surface area contributed by atoms with Gasteiger partial charge >= 0.3 is 0 Å². The summed E-state index contributed by atoms with van der Waals surface area (Å²) in [6.07, 6.45) is 0. The molecule has 0 saturated carbocycles. The van der Waals surface area contributed by atoms with Crippen molar-refractivity contribution in [1.82, 2.24) is 0 Å². The minimum Gasteiger partial charge on any atom is -0.277 e. The Balaban J connectivity index is 2.40. The van der Waals surface area contributed by atoms with E-state index < -0.39 is 15.8 Å². The summed E-state index contributed by atoms with van der Waals surface area (Å²) < 4.78 is 40.7. The first-order valence-corrected chi connectivity index (χ1v) is 7.62. The number of rotatable bonds is 3. The number of nitriles is 1. The van der Waals surface area contributed by atoms with Crippen molar-refractivity contribution < 1.29 is 12.8 Å². The molecular weight excluding hydrogens is 291 g/mol. The standard InChI is InChI=1S/C15H13FN2O2S/c1-10-3-6-13(7-4-10)21(19,20)18-14-8-5-12(9-17)11(2)15(14)16/h3-8,18H,1-2H3. The molecule has 0 amide bonds. The lowest BCUT2D eigenvalue weighted by atomic mass is 10.1. The predicted molar refractivity (Wildman–Crippen MR) is 77.8 cm³/mol. The summed E-state index contributed by atoms with van der Waals surface area (Å²) in [5.41, 5.74) is 1.04. The number of aryl methyl sites for hydroxylation is 1. The van der Waals surface area contributed by atoms with Gasteiger partial charge in [0.05, 0.1) is 22.2 Å². The van der Waals surface area contributed by atoms with Crippen LogP contribution in [0.1, 0.15) is 16.7 Å². The fraction of sp³-hybridized carbons (Fsp3) is 0.133. The number of nitrogens with zero attached hydrogens (tertiary/aromatic N) is 1. The SMILES string of the molecule is Cc1ccc(S(=O)(=O)Nc2ccc(C#N)c(C)c2F)cc1. The van der Waals surface area contributed by atoms with E-state index >= 15 is 0 Å². The molecule has 0 aliphatic heterocycles.